The van der Waals surface area contributed by atoms with E-state index in [0.717, 1.165) is 0 Å². The maximum absolute atomic E-state index is 11.0. The van der Waals surface area contributed by atoms with Gasteiger partial charge in [0.2, 0.25) is 0 Å². The Morgan fingerprint density at radius 1 is 1.55 bits per heavy atom. The van der Waals surface area contributed by atoms with Gasteiger partial charge < -0.3 is 15.9 Å². The normalized spacial score (nSPS) is 13.2. The Bertz CT molecular complexity index is 480. The smallest absolute Gasteiger partial charge is 0.405 e. The number of carbonyl (C=O) groups is 1. The number of anilines is 1. The largest absolute Gasteiger partial charge is 0.440 e. The molecule has 0 aromatic carbocycles. The topological polar surface area (TPSA) is 103 Å². The number of ether oxygens (including phenoxy) is 1. The zero-order chi connectivity index (χ0) is 15.2. The molecule has 0 aliphatic rings. The lowest BCUT2D eigenvalue weighted by molar-refractivity contribution is 0.106. The average molecular weight is 278 g/mol. The Kier molecular flexibility index (Phi) is 5.52. The molecule has 0 aliphatic heterocycles. The molecule has 20 heavy (non-hydrogen) atoms. The molecule has 1 atom stereocenters. The summed E-state index contributed by atoms with van der Waals surface area (Å²) < 4.78 is 5.11. The van der Waals surface area contributed by atoms with E-state index in [1.54, 1.807) is 18.3 Å². The number of rotatable bonds is 5. The van der Waals surface area contributed by atoms with Crippen molar-refractivity contribution in [1.82, 2.24) is 4.98 Å². The van der Waals surface area contributed by atoms with Crippen molar-refractivity contribution in [3.05, 3.63) is 36.2 Å². The van der Waals surface area contributed by atoms with Crippen molar-refractivity contribution in [2.45, 2.75) is 33.3 Å². The summed E-state index contributed by atoms with van der Waals surface area (Å²) in [6, 6.07) is 3.44. The number of carbonyl (C=O) groups excluding carboxylic acids is 1. The van der Waals surface area contributed by atoms with Crippen LogP contribution in [0.3, 0.4) is 0 Å². The number of amides is 1. The molecule has 0 bridgehead atoms. The second-order valence-electron chi connectivity index (χ2n) is 5.54. The van der Waals surface area contributed by atoms with E-state index >= 15 is 0 Å². The Morgan fingerprint density at radius 2 is 2.25 bits per heavy atom. The minimum Gasteiger partial charge on any atom is -0.440 e. The number of nitrogens with two attached hydrogens (primary N) is 2. The van der Waals surface area contributed by atoms with Crippen LogP contribution in [0, 0.1) is 5.41 Å². The fourth-order valence-corrected chi connectivity index (χ4v) is 1.63. The minimum atomic E-state index is -0.827. The molecule has 0 radical (unpaired) electrons. The zero-order valence-electron chi connectivity index (χ0n) is 12.1. The standard InChI is InChI=1S/C14H22N4O2/c1-14(2,3)7-4-5-12(20-13(15)19)11-9-10(18-16)6-8-17-11/h4,6-9,12H,5,16H2,1-3H3,(H2,15,19)(H,17,18). The molecule has 5 N–H and O–H groups in total. The number of pyridine rings is 1. The Labute approximate surface area is 119 Å². The average Bonchev–Trinajstić information content (AvgIpc) is 2.36. The number of nitrogens with one attached hydrogen (secondary N) is 1. The third-order valence-electron chi connectivity index (χ3n) is 2.50. The lowest BCUT2D eigenvalue weighted by Gasteiger charge is -2.16. The molecule has 6 heteroatoms. The van der Waals surface area contributed by atoms with Crippen LogP contribution in [-0.4, -0.2) is 11.1 Å². The Balaban J connectivity index is 2.88. The predicted molar refractivity (Wildman–Crippen MR) is 78.7 cm³/mol. The summed E-state index contributed by atoms with van der Waals surface area (Å²) in [5.41, 5.74) is 8.98. The quantitative estimate of drug-likeness (QED) is 0.436. The highest BCUT2D eigenvalue weighted by Gasteiger charge is 2.16. The lowest BCUT2D eigenvalue weighted by Crippen LogP contribution is -2.18. The molecular formula is C14H22N4O2. The van der Waals surface area contributed by atoms with Gasteiger partial charge in [-0.3, -0.25) is 10.8 Å². The molecule has 1 unspecified atom stereocenters. The SMILES string of the molecule is CC(C)(C)C=CCC(OC(N)=O)c1cc(NN)ccn1. The monoisotopic (exact) mass is 278 g/mol. The second kappa shape index (κ2) is 6.91. The lowest BCUT2D eigenvalue weighted by atomic mass is 9.95. The first-order valence-electron chi connectivity index (χ1n) is 6.38. The number of nitrogens with zero attached hydrogens (tertiary/aromatic N) is 1. The summed E-state index contributed by atoms with van der Waals surface area (Å²) >= 11 is 0. The number of nitrogen functional groups attached to an aromatic ring is 1. The van der Waals surface area contributed by atoms with Gasteiger partial charge in [0.15, 0.2) is 0 Å². The summed E-state index contributed by atoms with van der Waals surface area (Å²) in [4.78, 5) is 15.2. The van der Waals surface area contributed by atoms with Crippen LogP contribution in [0.1, 0.15) is 39.0 Å². The van der Waals surface area contributed by atoms with Crippen molar-refractivity contribution < 1.29 is 9.53 Å². The zero-order valence-corrected chi connectivity index (χ0v) is 12.1. The van der Waals surface area contributed by atoms with E-state index in [9.17, 15) is 4.79 Å². The number of allylic oxidation sites excluding steroid dienone is 1. The van der Waals surface area contributed by atoms with Crippen LogP contribution in [0.5, 0.6) is 0 Å². The summed E-state index contributed by atoms with van der Waals surface area (Å²) in [7, 11) is 0. The van der Waals surface area contributed by atoms with Crippen LogP contribution < -0.4 is 17.0 Å². The van der Waals surface area contributed by atoms with E-state index in [4.69, 9.17) is 16.3 Å². The first kappa shape index (κ1) is 16.0. The van der Waals surface area contributed by atoms with Gasteiger partial charge in [-0.1, -0.05) is 32.9 Å². The summed E-state index contributed by atoms with van der Waals surface area (Å²) in [6.45, 7) is 6.26. The molecule has 0 saturated carbocycles. The van der Waals surface area contributed by atoms with Crippen molar-refractivity contribution in [3.63, 3.8) is 0 Å². The number of hydrogen-bond acceptors (Lipinski definition) is 5. The maximum atomic E-state index is 11.0. The van der Waals surface area contributed by atoms with Crippen molar-refractivity contribution in [2.75, 3.05) is 5.43 Å². The van der Waals surface area contributed by atoms with Crippen LogP contribution >= 0.6 is 0 Å². The highest BCUT2D eigenvalue weighted by molar-refractivity contribution is 5.65. The highest BCUT2D eigenvalue weighted by Crippen LogP contribution is 2.23. The van der Waals surface area contributed by atoms with E-state index in [-0.39, 0.29) is 5.41 Å². The van der Waals surface area contributed by atoms with Gasteiger partial charge in [-0.15, -0.1) is 0 Å². The van der Waals surface area contributed by atoms with Crippen molar-refractivity contribution in [2.24, 2.45) is 17.0 Å². The molecule has 0 spiro atoms. The highest BCUT2D eigenvalue weighted by atomic mass is 16.6. The predicted octanol–water partition coefficient (Wildman–Crippen LogP) is 2.50. The molecule has 1 aromatic heterocycles. The van der Waals surface area contributed by atoms with Crippen LogP contribution in [0.15, 0.2) is 30.5 Å². The van der Waals surface area contributed by atoms with Gasteiger partial charge in [0.05, 0.1) is 11.4 Å². The van der Waals surface area contributed by atoms with Gasteiger partial charge in [-0.25, -0.2) is 4.79 Å². The van der Waals surface area contributed by atoms with Crippen molar-refractivity contribution >= 4 is 11.8 Å². The summed E-state index contributed by atoms with van der Waals surface area (Å²) in [5.74, 6) is 5.35. The molecule has 110 valence electrons. The van der Waals surface area contributed by atoms with E-state index in [1.807, 2.05) is 6.08 Å². The minimum absolute atomic E-state index is 0.0609. The Morgan fingerprint density at radius 3 is 2.80 bits per heavy atom. The second-order valence-corrected chi connectivity index (χ2v) is 5.54. The molecular weight excluding hydrogens is 256 g/mol. The van der Waals surface area contributed by atoms with Crippen LogP contribution in [-0.2, 0) is 4.74 Å². The third-order valence-corrected chi connectivity index (χ3v) is 2.50. The van der Waals surface area contributed by atoms with Crippen molar-refractivity contribution in [3.8, 4) is 0 Å². The first-order chi connectivity index (χ1) is 9.31. The van der Waals surface area contributed by atoms with E-state index < -0.39 is 12.2 Å². The van der Waals surface area contributed by atoms with Gasteiger partial charge >= 0.3 is 6.09 Å². The van der Waals surface area contributed by atoms with E-state index in [1.165, 1.54) is 0 Å². The fraction of sp³-hybridized carbons (Fsp3) is 0.429. The van der Waals surface area contributed by atoms with Crippen molar-refractivity contribution in [1.29, 1.82) is 0 Å². The van der Waals surface area contributed by atoms with Crippen LogP contribution in [0.4, 0.5) is 10.5 Å². The fourth-order valence-electron chi connectivity index (χ4n) is 1.63. The number of hydrogen-bond donors (Lipinski definition) is 3. The maximum Gasteiger partial charge on any atom is 0.405 e. The molecule has 0 fully saturated rings. The summed E-state index contributed by atoms with van der Waals surface area (Å²) in [6.07, 6.45) is 4.75. The third kappa shape index (κ3) is 5.71. The van der Waals surface area contributed by atoms with E-state index in [2.05, 4.69) is 37.3 Å². The van der Waals surface area contributed by atoms with Gasteiger partial charge in [-0.05, 0) is 17.5 Å². The molecule has 1 rings (SSSR count). The molecule has 1 aromatic rings. The molecule has 0 saturated heterocycles. The molecule has 1 amide bonds. The number of aromatic nitrogens is 1. The Hall–Kier alpha value is -2.08. The van der Waals surface area contributed by atoms with Crippen LogP contribution in [0.25, 0.3) is 0 Å². The first-order valence-corrected chi connectivity index (χ1v) is 6.38. The molecule has 6 nitrogen and oxygen atoms in total. The van der Waals surface area contributed by atoms with Gasteiger partial charge in [0.25, 0.3) is 0 Å². The van der Waals surface area contributed by atoms with E-state index in [0.29, 0.717) is 17.8 Å². The van der Waals surface area contributed by atoms with Crippen LogP contribution in [0.2, 0.25) is 0 Å². The number of primary amides is 1. The van der Waals surface area contributed by atoms with Gasteiger partial charge in [0, 0.05) is 12.6 Å². The molecule has 1 heterocycles. The summed E-state index contributed by atoms with van der Waals surface area (Å²) in [5, 5.41) is 0. The number of hydrazine groups is 1. The van der Waals surface area contributed by atoms with Gasteiger partial charge in [-0.2, -0.15) is 0 Å². The van der Waals surface area contributed by atoms with Gasteiger partial charge in [0.1, 0.15) is 6.10 Å². The molecule has 0 aliphatic carbocycles.